The summed E-state index contributed by atoms with van der Waals surface area (Å²) >= 11 is 0. The average molecular weight is 333 g/mol. The van der Waals surface area contributed by atoms with Crippen LogP contribution in [0.1, 0.15) is 97.3 Å². The maximum Gasteiger partial charge on any atom is 0.133 e. The van der Waals surface area contributed by atoms with Gasteiger partial charge in [-0.05, 0) is 40.4 Å². The van der Waals surface area contributed by atoms with Crippen LogP contribution in [0, 0.1) is 0 Å². The SMILES string of the molecule is CCCCCC(=O)CCc1cc(C(C)(C)C)c(O)c(C(C)(C)C)c1. The summed E-state index contributed by atoms with van der Waals surface area (Å²) < 4.78 is 0. The lowest BCUT2D eigenvalue weighted by molar-refractivity contribution is -0.119. The highest BCUT2D eigenvalue weighted by Gasteiger charge is 2.26. The highest BCUT2D eigenvalue weighted by molar-refractivity contribution is 5.78. The van der Waals surface area contributed by atoms with Crippen LogP contribution in [-0.4, -0.2) is 10.9 Å². The van der Waals surface area contributed by atoms with E-state index in [-0.39, 0.29) is 10.8 Å². The summed E-state index contributed by atoms with van der Waals surface area (Å²) in [6.45, 7) is 14.9. The van der Waals surface area contributed by atoms with Crippen molar-refractivity contribution in [1.29, 1.82) is 0 Å². The number of ketones is 1. The Morgan fingerprint density at radius 1 is 0.917 bits per heavy atom. The zero-order valence-electron chi connectivity index (χ0n) is 16.8. The van der Waals surface area contributed by atoms with Gasteiger partial charge in [-0.1, -0.05) is 73.4 Å². The molecule has 0 atom stereocenters. The fourth-order valence-corrected chi connectivity index (χ4v) is 2.96. The summed E-state index contributed by atoms with van der Waals surface area (Å²) in [5.41, 5.74) is 2.87. The lowest BCUT2D eigenvalue weighted by Crippen LogP contribution is -2.18. The minimum Gasteiger partial charge on any atom is -0.507 e. The van der Waals surface area contributed by atoms with Crippen LogP contribution in [0.2, 0.25) is 0 Å². The second-order valence-corrected chi connectivity index (χ2v) is 9.04. The first-order chi connectivity index (χ1) is 11.0. The van der Waals surface area contributed by atoms with Gasteiger partial charge in [-0.25, -0.2) is 0 Å². The molecule has 0 fully saturated rings. The maximum atomic E-state index is 12.1. The first-order valence-corrected chi connectivity index (χ1v) is 9.35. The Kier molecular flexibility index (Phi) is 7.07. The summed E-state index contributed by atoms with van der Waals surface area (Å²) in [5, 5.41) is 10.7. The van der Waals surface area contributed by atoms with Crippen molar-refractivity contribution in [3.63, 3.8) is 0 Å². The van der Waals surface area contributed by atoms with Gasteiger partial charge in [-0.3, -0.25) is 4.79 Å². The normalized spacial score (nSPS) is 12.5. The molecule has 0 amide bonds. The Hall–Kier alpha value is -1.31. The molecule has 0 aliphatic heterocycles. The van der Waals surface area contributed by atoms with Crippen LogP contribution in [-0.2, 0) is 22.0 Å². The fraction of sp³-hybridized carbons (Fsp3) is 0.682. The molecule has 2 nitrogen and oxygen atoms in total. The smallest absolute Gasteiger partial charge is 0.133 e. The van der Waals surface area contributed by atoms with E-state index in [0.717, 1.165) is 42.4 Å². The van der Waals surface area contributed by atoms with E-state index in [4.69, 9.17) is 0 Å². The van der Waals surface area contributed by atoms with Gasteiger partial charge in [0.05, 0.1) is 0 Å². The summed E-state index contributed by atoms with van der Waals surface area (Å²) in [4.78, 5) is 12.1. The van der Waals surface area contributed by atoms with Crippen LogP contribution in [0.4, 0.5) is 0 Å². The van der Waals surface area contributed by atoms with Crippen molar-refractivity contribution in [2.45, 2.75) is 97.8 Å². The van der Waals surface area contributed by atoms with Gasteiger partial charge in [0.2, 0.25) is 0 Å². The van der Waals surface area contributed by atoms with Gasteiger partial charge < -0.3 is 5.11 Å². The Morgan fingerprint density at radius 3 is 1.83 bits per heavy atom. The number of phenols is 1. The Bertz CT molecular complexity index is 521. The van der Waals surface area contributed by atoms with Crippen LogP contribution >= 0.6 is 0 Å². The van der Waals surface area contributed by atoms with Gasteiger partial charge in [-0.15, -0.1) is 0 Å². The quantitative estimate of drug-likeness (QED) is 0.615. The Balaban J connectivity index is 3.01. The number of rotatable bonds is 7. The summed E-state index contributed by atoms with van der Waals surface area (Å²) in [6.07, 6.45) is 5.34. The summed E-state index contributed by atoms with van der Waals surface area (Å²) in [6, 6.07) is 4.17. The molecule has 0 aliphatic carbocycles. The Labute approximate surface area is 148 Å². The average Bonchev–Trinajstić information content (AvgIpc) is 2.44. The molecule has 0 unspecified atom stereocenters. The molecule has 0 spiro atoms. The molecule has 0 heterocycles. The number of unbranched alkanes of at least 4 members (excludes halogenated alkanes) is 2. The van der Waals surface area contributed by atoms with Crippen molar-refractivity contribution in [2.24, 2.45) is 0 Å². The van der Waals surface area contributed by atoms with Crippen molar-refractivity contribution < 1.29 is 9.90 Å². The standard InChI is InChI=1S/C22H36O2/c1-8-9-10-11-17(23)13-12-16-14-18(21(2,3)4)20(24)19(15-16)22(5,6)7/h14-15,24H,8-13H2,1-7H3. The number of hydrogen-bond acceptors (Lipinski definition) is 2. The number of carbonyl (C=O) groups is 1. The molecular formula is C22H36O2. The number of aryl methyl sites for hydroxylation is 1. The molecule has 136 valence electrons. The third kappa shape index (κ3) is 5.96. The lowest BCUT2D eigenvalue weighted by atomic mass is 9.78. The molecule has 0 aromatic heterocycles. The maximum absolute atomic E-state index is 12.1. The van der Waals surface area contributed by atoms with Crippen LogP contribution in [0.3, 0.4) is 0 Å². The molecular weight excluding hydrogens is 296 g/mol. The summed E-state index contributed by atoms with van der Waals surface area (Å²) in [5.74, 6) is 0.763. The second-order valence-electron chi connectivity index (χ2n) is 9.04. The van der Waals surface area contributed by atoms with E-state index < -0.39 is 0 Å². The van der Waals surface area contributed by atoms with Gasteiger partial charge in [0, 0.05) is 12.8 Å². The summed E-state index contributed by atoms with van der Waals surface area (Å²) in [7, 11) is 0. The van der Waals surface area contributed by atoms with Gasteiger partial charge in [0.1, 0.15) is 11.5 Å². The number of hydrogen-bond donors (Lipinski definition) is 1. The predicted octanol–water partition coefficient (Wildman–Crippen LogP) is 6.07. The number of Topliss-reactive ketones (excluding diaryl/α,β-unsaturated/α-hetero) is 1. The molecule has 1 rings (SSSR count). The van der Waals surface area contributed by atoms with Crippen LogP contribution in [0.5, 0.6) is 5.75 Å². The minimum atomic E-state index is -0.120. The minimum absolute atomic E-state index is 0.120. The molecule has 0 bridgehead atoms. The molecule has 0 aliphatic rings. The van der Waals surface area contributed by atoms with Crippen molar-refractivity contribution >= 4 is 5.78 Å². The monoisotopic (exact) mass is 332 g/mol. The lowest BCUT2D eigenvalue weighted by Gasteiger charge is -2.28. The zero-order chi connectivity index (χ0) is 18.5. The van der Waals surface area contributed by atoms with Crippen molar-refractivity contribution in [2.75, 3.05) is 0 Å². The van der Waals surface area contributed by atoms with Crippen LogP contribution in [0.25, 0.3) is 0 Å². The molecule has 0 saturated carbocycles. The van der Waals surface area contributed by atoms with Crippen LogP contribution in [0.15, 0.2) is 12.1 Å². The Morgan fingerprint density at radius 2 is 1.42 bits per heavy atom. The zero-order valence-corrected chi connectivity index (χ0v) is 16.8. The van der Waals surface area contributed by atoms with E-state index in [1.54, 1.807) is 0 Å². The highest BCUT2D eigenvalue weighted by Crippen LogP contribution is 2.40. The second kappa shape index (κ2) is 8.18. The van der Waals surface area contributed by atoms with Crippen molar-refractivity contribution in [1.82, 2.24) is 0 Å². The molecule has 0 saturated heterocycles. The molecule has 1 aromatic carbocycles. The van der Waals surface area contributed by atoms with Crippen molar-refractivity contribution in [3.05, 3.63) is 28.8 Å². The van der Waals surface area contributed by atoms with Gasteiger partial charge >= 0.3 is 0 Å². The van der Waals surface area contributed by atoms with Gasteiger partial charge in [0.15, 0.2) is 0 Å². The third-order valence-electron chi connectivity index (χ3n) is 4.54. The number of phenolic OH excluding ortho intramolecular Hbond substituents is 1. The van der Waals surface area contributed by atoms with Crippen LogP contribution < -0.4 is 0 Å². The predicted molar refractivity (Wildman–Crippen MR) is 103 cm³/mol. The first-order valence-electron chi connectivity index (χ1n) is 9.35. The van der Waals surface area contributed by atoms with E-state index in [9.17, 15) is 9.90 Å². The fourth-order valence-electron chi connectivity index (χ4n) is 2.96. The van der Waals surface area contributed by atoms with E-state index in [0.29, 0.717) is 24.4 Å². The molecule has 1 aromatic rings. The highest BCUT2D eigenvalue weighted by atomic mass is 16.3. The largest absolute Gasteiger partial charge is 0.507 e. The van der Waals surface area contributed by atoms with Gasteiger partial charge in [-0.2, -0.15) is 0 Å². The number of benzene rings is 1. The van der Waals surface area contributed by atoms with E-state index in [1.165, 1.54) is 0 Å². The molecule has 2 heteroatoms. The van der Waals surface area contributed by atoms with Gasteiger partial charge in [0.25, 0.3) is 0 Å². The van der Waals surface area contributed by atoms with E-state index >= 15 is 0 Å². The van der Waals surface area contributed by atoms with Crippen molar-refractivity contribution in [3.8, 4) is 5.75 Å². The third-order valence-corrected chi connectivity index (χ3v) is 4.54. The topological polar surface area (TPSA) is 37.3 Å². The molecule has 1 N–H and O–H groups in total. The van der Waals surface area contributed by atoms with E-state index in [1.807, 2.05) is 0 Å². The number of carbonyl (C=O) groups excluding carboxylic acids is 1. The first kappa shape index (κ1) is 20.7. The number of aromatic hydroxyl groups is 1. The van der Waals surface area contributed by atoms with E-state index in [2.05, 4.69) is 60.6 Å². The molecule has 0 radical (unpaired) electrons. The molecule has 24 heavy (non-hydrogen) atoms.